The second-order valence-corrected chi connectivity index (χ2v) is 4.96. The van der Waals surface area contributed by atoms with Crippen molar-refractivity contribution in [2.75, 3.05) is 0 Å². The van der Waals surface area contributed by atoms with E-state index in [0.29, 0.717) is 0 Å². The van der Waals surface area contributed by atoms with Gasteiger partial charge in [0.15, 0.2) is 0 Å². The van der Waals surface area contributed by atoms with Crippen LogP contribution in [0.25, 0.3) is 0 Å². The molecule has 0 saturated heterocycles. The van der Waals surface area contributed by atoms with E-state index in [1.165, 1.54) is 57.8 Å². The lowest BCUT2D eigenvalue weighted by Crippen LogP contribution is -2.04. The molecule has 0 aromatic carbocycles. The third kappa shape index (κ3) is 5.33. The number of hydrogen-bond acceptors (Lipinski definition) is 0. The van der Waals surface area contributed by atoms with Crippen molar-refractivity contribution in [3.8, 4) is 0 Å². The maximum Gasteiger partial charge on any atom is -0.0303 e. The zero-order chi connectivity index (χ0) is 9.52. The van der Waals surface area contributed by atoms with Gasteiger partial charge in [-0.15, -0.1) is 0 Å². The summed E-state index contributed by atoms with van der Waals surface area (Å²) in [6.45, 7) is 4.53. The molecular formula is C13H25. The monoisotopic (exact) mass is 181 g/mol. The summed E-state index contributed by atoms with van der Waals surface area (Å²) >= 11 is 0. The van der Waals surface area contributed by atoms with E-state index in [-0.39, 0.29) is 0 Å². The van der Waals surface area contributed by atoms with E-state index < -0.39 is 0 Å². The van der Waals surface area contributed by atoms with E-state index in [4.69, 9.17) is 0 Å². The summed E-state index contributed by atoms with van der Waals surface area (Å²) in [4.78, 5) is 0. The van der Waals surface area contributed by atoms with Crippen LogP contribution in [-0.4, -0.2) is 0 Å². The Morgan fingerprint density at radius 2 is 1.46 bits per heavy atom. The van der Waals surface area contributed by atoms with Crippen LogP contribution in [-0.2, 0) is 0 Å². The standard InChI is InChI=1S/C13H25/c1-12(2)10-11-13-8-6-4-3-5-7-9-13/h13H,3-11H2,1-2H3. The predicted octanol–water partition coefficient (Wildman–Crippen LogP) is 4.74. The largest absolute Gasteiger partial charge is 0.0594 e. The van der Waals surface area contributed by atoms with Crippen LogP contribution in [0.3, 0.4) is 0 Å². The molecule has 1 radical (unpaired) electrons. The molecule has 0 unspecified atom stereocenters. The van der Waals surface area contributed by atoms with E-state index in [1.54, 1.807) is 5.92 Å². The molecule has 0 heteroatoms. The van der Waals surface area contributed by atoms with Crippen LogP contribution in [0.15, 0.2) is 0 Å². The van der Waals surface area contributed by atoms with Crippen molar-refractivity contribution in [2.45, 2.75) is 71.6 Å². The normalized spacial score (nSPS) is 21.5. The molecule has 0 nitrogen and oxygen atoms in total. The minimum absolute atomic E-state index is 1.05. The van der Waals surface area contributed by atoms with Gasteiger partial charge in [-0.2, -0.15) is 0 Å². The minimum Gasteiger partial charge on any atom is -0.0594 e. The Hall–Kier alpha value is 0. The zero-order valence-electron chi connectivity index (χ0n) is 9.44. The smallest absolute Gasteiger partial charge is 0.0303 e. The van der Waals surface area contributed by atoms with Gasteiger partial charge < -0.3 is 0 Å². The molecular weight excluding hydrogens is 156 g/mol. The van der Waals surface area contributed by atoms with Gasteiger partial charge in [-0.3, -0.25) is 0 Å². The second-order valence-electron chi connectivity index (χ2n) is 4.96. The predicted molar refractivity (Wildman–Crippen MR) is 59.6 cm³/mol. The summed E-state index contributed by atoms with van der Waals surface area (Å²) in [5.41, 5.74) is 0. The van der Waals surface area contributed by atoms with E-state index in [9.17, 15) is 0 Å². The van der Waals surface area contributed by atoms with E-state index in [0.717, 1.165) is 5.92 Å². The summed E-state index contributed by atoms with van der Waals surface area (Å²) in [7, 11) is 0. The third-order valence-electron chi connectivity index (χ3n) is 3.28. The molecule has 0 bridgehead atoms. The molecule has 13 heavy (non-hydrogen) atoms. The van der Waals surface area contributed by atoms with Gasteiger partial charge in [0.1, 0.15) is 0 Å². The lowest BCUT2D eigenvalue weighted by molar-refractivity contribution is 0.354. The molecule has 0 spiro atoms. The first-order valence-corrected chi connectivity index (χ1v) is 6.08. The molecule has 0 aromatic heterocycles. The fourth-order valence-electron chi connectivity index (χ4n) is 2.32. The second kappa shape index (κ2) is 6.45. The SMILES string of the molecule is C[C](C)CCC1CCCCCCC1. The fraction of sp³-hybridized carbons (Fsp3) is 0.923. The highest BCUT2D eigenvalue weighted by Gasteiger charge is 2.11. The van der Waals surface area contributed by atoms with Gasteiger partial charge in [-0.05, 0) is 24.7 Å². The molecule has 0 heterocycles. The van der Waals surface area contributed by atoms with Crippen molar-refractivity contribution in [1.82, 2.24) is 0 Å². The summed E-state index contributed by atoms with van der Waals surface area (Å²) < 4.78 is 0. The molecule has 0 N–H and O–H groups in total. The van der Waals surface area contributed by atoms with Crippen LogP contribution < -0.4 is 0 Å². The first-order valence-electron chi connectivity index (χ1n) is 6.08. The Bertz CT molecular complexity index is 107. The Balaban J connectivity index is 2.14. The topological polar surface area (TPSA) is 0 Å². The van der Waals surface area contributed by atoms with E-state index in [1.807, 2.05) is 0 Å². The molecule has 1 fully saturated rings. The molecule has 0 atom stereocenters. The molecule has 1 saturated carbocycles. The minimum atomic E-state index is 1.05. The van der Waals surface area contributed by atoms with Gasteiger partial charge in [0.25, 0.3) is 0 Å². The van der Waals surface area contributed by atoms with Crippen LogP contribution in [0.1, 0.15) is 71.6 Å². The van der Waals surface area contributed by atoms with Gasteiger partial charge >= 0.3 is 0 Å². The molecule has 1 aliphatic carbocycles. The maximum absolute atomic E-state index is 2.27. The highest BCUT2D eigenvalue weighted by atomic mass is 14.2. The van der Waals surface area contributed by atoms with Gasteiger partial charge in [-0.1, -0.05) is 58.8 Å². The van der Waals surface area contributed by atoms with E-state index in [2.05, 4.69) is 13.8 Å². The van der Waals surface area contributed by atoms with Crippen LogP contribution in [0, 0.1) is 11.8 Å². The van der Waals surface area contributed by atoms with Crippen molar-refractivity contribution in [3.63, 3.8) is 0 Å². The van der Waals surface area contributed by atoms with Gasteiger partial charge in [0, 0.05) is 0 Å². The first-order chi connectivity index (χ1) is 6.29. The Labute approximate surface area is 84.1 Å². The van der Waals surface area contributed by atoms with Crippen molar-refractivity contribution in [3.05, 3.63) is 5.92 Å². The summed E-state index contributed by atoms with van der Waals surface area (Å²) in [5, 5.41) is 0. The molecule has 77 valence electrons. The van der Waals surface area contributed by atoms with Crippen molar-refractivity contribution >= 4 is 0 Å². The van der Waals surface area contributed by atoms with Crippen LogP contribution in [0.4, 0.5) is 0 Å². The van der Waals surface area contributed by atoms with Crippen LogP contribution in [0.2, 0.25) is 0 Å². The Kier molecular flexibility index (Phi) is 5.50. The lowest BCUT2D eigenvalue weighted by atomic mass is 9.86. The highest BCUT2D eigenvalue weighted by Crippen LogP contribution is 2.27. The number of hydrogen-bond donors (Lipinski definition) is 0. The Morgan fingerprint density at radius 3 is 2.00 bits per heavy atom. The van der Waals surface area contributed by atoms with Gasteiger partial charge in [0.2, 0.25) is 0 Å². The quantitative estimate of drug-likeness (QED) is 0.590. The molecule has 0 amide bonds. The molecule has 1 aliphatic rings. The average molecular weight is 181 g/mol. The van der Waals surface area contributed by atoms with E-state index >= 15 is 0 Å². The molecule has 0 aliphatic heterocycles. The molecule has 1 rings (SSSR count). The zero-order valence-corrected chi connectivity index (χ0v) is 9.44. The summed E-state index contributed by atoms with van der Waals surface area (Å²) in [5.74, 6) is 2.66. The van der Waals surface area contributed by atoms with Gasteiger partial charge in [-0.25, -0.2) is 0 Å². The fourth-order valence-corrected chi connectivity index (χ4v) is 2.32. The molecule has 0 aromatic rings. The third-order valence-corrected chi connectivity index (χ3v) is 3.28. The van der Waals surface area contributed by atoms with Crippen molar-refractivity contribution < 1.29 is 0 Å². The summed E-state index contributed by atoms with van der Waals surface area (Å²) in [6.07, 6.45) is 13.3. The summed E-state index contributed by atoms with van der Waals surface area (Å²) in [6, 6.07) is 0. The maximum atomic E-state index is 2.27. The Morgan fingerprint density at radius 1 is 0.923 bits per heavy atom. The lowest BCUT2D eigenvalue weighted by Gasteiger charge is -2.20. The number of rotatable bonds is 3. The highest BCUT2D eigenvalue weighted by molar-refractivity contribution is 4.78. The van der Waals surface area contributed by atoms with Crippen LogP contribution >= 0.6 is 0 Å². The van der Waals surface area contributed by atoms with Gasteiger partial charge in [0.05, 0.1) is 0 Å². The average Bonchev–Trinajstić information content (AvgIpc) is 2.01. The van der Waals surface area contributed by atoms with Crippen LogP contribution in [0.5, 0.6) is 0 Å². The van der Waals surface area contributed by atoms with Crippen molar-refractivity contribution in [2.24, 2.45) is 5.92 Å². The first kappa shape index (κ1) is 11.1. The van der Waals surface area contributed by atoms with Crippen molar-refractivity contribution in [1.29, 1.82) is 0 Å².